The molecule has 32 heavy (non-hydrogen) atoms. The highest BCUT2D eigenvalue weighted by Gasteiger charge is 2.18. The van der Waals surface area contributed by atoms with E-state index in [0.717, 1.165) is 21.1 Å². The van der Waals surface area contributed by atoms with E-state index in [2.05, 4.69) is 10.4 Å². The number of hydrogen-bond acceptors (Lipinski definition) is 5. The van der Waals surface area contributed by atoms with Crippen LogP contribution < -0.4 is 10.9 Å². The predicted octanol–water partition coefficient (Wildman–Crippen LogP) is 5.07. The van der Waals surface area contributed by atoms with Gasteiger partial charge >= 0.3 is 0 Å². The second-order valence-electron chi connectivity index (χ2n) is 7.98. The molecular formula is C24H23ClN4O2S. The number of carbonyl (C=O) groups excluding carboxylic acids is 1. The fraction of sp³-hybridized carbons (Fsp3) is 0.250. The monoisotopic (exact) mass is 466 g/mol. The molecule has 2 aromatic heterocycles. The summed E-state index contributed by atoms with van der Waals surface area (Å²) < 4.78 is 1.38. The Hall–Kier alpha value is -3.03. The third kappa shape index (κ3) is 4.59. The zero-order valence-electron chi connectivity index (χ0n) is 18.1. The molecule has 8 heteroatoms. The average Bonchev–Trinajstić information content (AvgIpc) is 3.15. The van der Waals surface area contributed by atoms with Crippen LogP contribution in [0, 0.1) is 12.8 Å². The van der Waals surface area contributed by atoms with Crippen molar-refractivity contribution in [1.29, 1.82) is 0 Å². The van der Waals surface area contributed by atoms with E-state index in [4.69, 9.17) is 16.6 Å². The number of thiazole rings is 1. The van der Waals surface area contributed by atoms with Gasteiger partial charge in [0.05, 0.1) is 17.6 Å². The van der Waals surface area contributed by atoms with Crippen LogP contribution in [0.15, 0.2) is 53.3 Å². The minimum atomic E-state index is -0.334. The molecule has 0 atom stereocenters. The van der Waals surface area contributed by atoms with Crippen molar-refractivity contribution in [3.8, 4) is 11.3 Å². The molecule has 6 nitrogen and oxygen atoms in total. The Bertz CT molecular complexity index is 1340. The molecule has 0 radical (unpaired) electrons. The first-order valence-corrected chi connectivity index (χ1v) is 11.5. The maximum absolute atomic E-state index is 13.1. The van der Waals surface area contributed by atoms with E-state index in [1.54, 1.807) is 24.3 Å². The lowest BCUT2D eigenvalue weighted by Crippen LogP contribution is -2.31. The van der Waals surface area contributed by atoms with Crippen LogP contribution in [0.5, 0.6) is 0 Å². The minimum Gasteiger partial charge on any atom is -0.344 e. The first-order chi connectivity index (χ1) is 15.3. The molecule has 0 aliphatic rings. The van der Waals surface area contributed by atoms with Crippen molar-refractivity contribution in [2.45, 2.75) is 33.9 Å². The van der Waals surface area contributed by atoms with Gasteiger partial charge in [0.2, 0.25) is 0 Å². The van der Waals surface area contributed by atoms with Gasteiger partial charge in [0.25, 0.3) is 11.5 Å². The van der Waals surface area contributed by atoms with Crippen LogP contribution >= 0.6 is 22.9 Å². The van der Waals surface area contributed by atoms with Crippen LogP contribution in [-0.4, -0.2) is 20.7 Å². The number of hydrogen-bond donors (Lipinski definition) is 1. The van der Waals surface area contributed by atoms with Crippen LogP contribution in [0.4, 0.5) is 0 Å². The summed E-state index contributed by atoms with van der Waals surface area (Å²) >= 11 is 7.52. The Morgan fingerprint density at radius 2 is 1.81 bits per heavy atom. The van der Waals surface area contributed by atoms with Crippen LogP contribution in [0.2, 0.25) is 5.02 Å². The lowest BCUT2D eigenvalue weighted by atomic mass is 10.1. The van der Waals surface area contributed by atoms with Gasteiger partial charge in [0.15, 0.2) is 5.69 Å². The van der Waals surface area contributed by atoms with E-state index >= 15 is 0 Å². The third-order valence-corrected chi connectivity index (χ3v) is 6.20. The Morgan fingerprint density at radius 3 is 2.50 bits per heavy atom. The molecule has 0 saturated carbocycles. The fourth-order valence-corrected chi connectivity index (χ4v) is 4.54. The first-order valence-electron chi connectivity index (χ1n) is 10.3. The van der Waals surface area contributed by atoms with Crippen molar-refractivity contribution >= 4 is 39.6 Å². The molecule has 0 unspecified atom stereocenters. The van der Waals surface area contributed by atoms with E-state index in [1.807, 2.05) is 45.0 Å². The summed E-state index contributed by atoms with van der Waals surface area (Å²) in [5.74, 6) is -0.110. The van der Waals surface area contributed by atoms with Gasteiger partial charge in [-0.2, -0.15) is 5.10 Å². The SMILES string of the molecule is Cc1sc(CNC(=O)c2nn(CC(C)C)c(=O)c3ccccc23)nc1-c1ccc(Cl)cc1. The lowest BCUT2D eigenvalue weighted by Gasteiger charge is -2.12. The van der Waals surface area contributed by atoms with E-state index < -0.39 is 0 Å². The van der Waals surface area contributed by atoms with Crippen LogP contribution in [0.3, 0.4) is 0 Å². The van der Waals surface area contributed by atoms with Gasteiger partial charge in [-0.1, -0.05) is 55.8 Å². The minimum absolute atomic E-state index is 0.186. The number of amides is 1. The van der Waals surface area contributed by atoms with Gasteiger partial charge in [0.1, 0.15) is 5.01 Å². The topological polar surface area (TPSA) is 76.9 Å². The highest BCUT2D eigenvalue weighted by molar-refractivity contribution is 7.12. The molecule has 0 fully saturated rings. The standard InChI is InChI=1S/C24H23ClN4O2S/c1-14(2)13-29-24(31)19-7-5-4-6-18(19)22(28-29)23(30)26-12-20-27-21(15(3)32-20)16-8-10-17(25)11-9-16/h4-11,14H,12-13H2,1-3H3,(H,26,30). The van der Waals surface area contributed by atoms with Gasteiger partial charge < -0.3 is 5.32 Å². The normalized spacial score (nSPS) is 11.3. The maximum Gasteiger partial charge on any atom is 0.274 e. The summed E-state index contributed by atoms with van der Waals surface area (Å²) in [6.45, 7) is 6.74. The molecule has 0 bridgehead atoms. The molecule has 164 valence electrons. The Balaban J connectivity index is 1.60. The molecule has 1 amide bonds. The second kappa shape index (κ2) is 9.22. The van der Waals surface area contributed by atoms with Crippen molar-refractivity contribution in [1.82, 2.24) is 20.1 Å². The van der Waals surface area contributed by atoms with Crippen molar-refractivity contribution < 1.29 is 4.79 Å². The van der Waals surface area contributed by atoms with Crippen LogP contribution in [-0.2, 0) is 13.1 Å². The molecule has 2 heterocycles. The summed E-state index contributed by atoms with van der Waals surface area (Å²) in [6.07, 6.45) is 0. The van der Waals surface area contributed by atoms with Crippen molar-refractivity contribution in [2.24, 2.45) is 5.92 Å². The summed E-state index contributed by atoms with van der Waals surface area (Å²) in [5.41, 5.74) is 1.92. The van der Waals surface area contributed by atoms with E-state index in [0.29, 0.717) is 22.3 Å². The number of fused-ring (bicyclic) bond motifs is 1. The number of nitrogens with one attached hydrogen (secondary N) is 1. The Kier molecular flexibility index (Phi) is 6.39. The third-order valence-electron chi connectivity index (χ3n) is 4.98. The summed E-state index contributed by atoms with van der Waals surface area (Å²) in [5, 5.41) is 9.82. The number of aromatic nitrogens is 3. The van der Waals surface area contributed by atoms with Crippen LogP contribution in [0.1, 0.15) is 34.2 Å². The number of nitrogens with zero attached hydrogens (tertiary/aromatic N) is 3. The smallest absolute Gasteiger partial charge is 0.274 e. The molecule has 0 aliphatic carbocycles. The molecule has 0 saturated heterocycles. The van der Waals surface area contributed by atoms with Crippen molar-refractivity contribution in [3.63, 3.8) is 0 Å². The summed E-state index contributed by atoms with van der Waals surface area (Å²) in [4.78, 5) is 31.6. The van der Waals surface area contributed by atoms with Gasteiger partial charge in [0, 0.05) is 27.4 Å². The molecule has 2 aromatic carbocycles. The number of rotatable bonds is 6. The first kappa shape index (κ1) is 22.2. The molecule has 4 rings (SSSR count). The quantitative estimate of drug-likeness (QED) is 0.430. The maximum atomic E-state index is 13.1. The lowest BCUT2D eigenvalue weighted by molar-refractivity contribution is 0.0945. The van der Waals surface area contributed by atoms with Crippen molar-refractivity contribution in [2.75, 3.05) is 0 Å². The van der Waals surface area contributed by atoms with Gasteiger partial charge in [-0.15, -0.1) is 11.3 Å². The summed E-state index contributed by atoms with van der Waals surface area (Å²) in [6, 6.07) is 14.6. The number of carbonyl (C=O) groups is 1. The molecular weight excluding hydrogens is 444 g/mol. The number of aryl methyl sites for hydroxylation is 1. The van der Waals surface area contributed by atoms with Gasteiger partial charge in [-0.25, -0.2) is 9.67 Å². The molecule has 0 spiro atoms. The number of benzene rings is 2. The zero-order chi connectivity index (χ0) is 22.8. The Labute approximate surface area is 194 Å². The number of halogens is 1. The highest BCUT2D eigenvalue weighted by atomic mass is 35.5. The largest absolute Gasteiger partial charge is 0.344 e. The van der Waals surface area contributed by atoms with E-state index in [1.165, 1.54) is 16.0 Å². The van der Waals surface area contributed by atoms with Gasteiger partial charge in [-0.05, 0) is 31.0 Å². The molecule has 1 N–H and O–H groups in total. The highest BCUT2D eigenvalue weighted by Crippen LogP contribution is 2.28. The zero-order valence-corrected chi connectivity index (χ0v) is 19.6. The fourth-order valence-electron chi connectivity index (χ4n) is 3.51. The Morgan fingerprint density at radius 1 is 1.12 bits per heavy atom. The summed E-state index contributed by atoms with van der Waals surface area (Å²) in [7, 11) is 0. The second-order valence-corrected chi connectivity index (χ2v) is 9.70. The van der Waals surface area contributed by atoms with Gasteiger partial charge in [-0.3, -0.25) is 9.59 Å². The van der Waals surface area contributed by atoms with Crippen molar-refractivity contribution in [3.05, 3.63) is 79.5 Å². The molecule has 4 aromatic rings. The van der Waals surface area contributed by atoms with Crippen LogP contribution in [0.25, 0.3) is 22.0 Å². The molecule has 0 aliphatic heterocycles. The van der Waals surface area contributed by atoms with E-state index in [-0.39, 0.29) is 29.6 Å². The van der Waals surface area contributed by atoms with E-state index in [9.17, 15) is 9.59 Å². The predicted molar refractivity (Wildman–Crippen MR) is 129 cm³/mol. The average molecular weight is 467 g/mol.